The van der Waals surface area contributed by atoms with E-state index in [9.17, 15) is 0 Å². The van der Waals surface area contributed by atoms with E-state index in [4.69, 9.17) is 17.0 Å². The molecule has 148 valence electrons. The number of hydrogen-bond donors (Lipinski definition) is 1. The van der Waals surface area contributed by atoms with Crippen LogP contribution in [0.4, 0.5) is 5.69 Å². The highest BCUT2D eigenvalue weighted by Gasteiger charge is 2.38. The third kappa shape index (κ3) is 2.32. The van der Waals surface area contributed by atoms with Gasteiger partial charge in [0.15, 0.2) is 0 Å². The topological polar surface area (TPSA) is 21.3 Å². The van der Waals surface area contributed by atoms with Crippen molar-refractivity contribution in [1.82, 2.24) is 0 Å². The molecule has 30 heavy (non-hydrogen) atoms. The van der Waals surface area contributed by atoms with Gasteiger partial charge in [-0.3, -0.25) is 0 Å². The van der Waals surface area contributed by atoms with Crippen molar-refractivity contribution in [2.45, 2.75) is 26.3 Å². The monoisotopic (exact) mass is 427 g/mol. The molecule has 2 heterocycles. The van der Waals surface area contributed by atoms with E-state index in [2.05, 4.69) is 67.7 Å². The van der Waals surface area contributed by atoms with Crippen LogP contribution in [0.5, 0.6) is 5.75 Å². The van der Waals surface area contributed by atoms with Gasteiger partial charge in [-0.1, -0.05) is 48.6 Å². The number of ether oxygens (including phenoxy) is 1. The van der Waals surface area contributed by atoms with Crippen molar-refractivity contribution < 1.29 is 4.74 Å². The standard InChI is InChI=1S/C26H21NOS2/c1-4-28-15-11-12-19-18(13-15)22-23(26(2,3)27-19)21-16-9-5-7-14-8-6-10-17(20(14)16)24(21)30-25(22)29/h5-13,27H,4H2,1-3H3. The molecule has 1 aliphatic carbocycles. The molecule has 0 unspecified atom stereocenters. The van der Waals surface area contributed by atoms with Gasteiger partial charge in [-0.15, -0.1) is 11.3 Å². The molecular formula is C26H21NOS2. The molecule has 0 amide bonds. The Morgan fingerprint density at radius 1 is 0.967 bits per heavy atom. The molecule has 1 aliphatic heterocycles. The number of hydrogen-bond acceptors (Lipinski definition) is 4. The number of benzene rings is 3. The summed E-state index contributed by atoms with van der Waals surface area (Å²) < 4.78 is 6.75. The number of rotatable bonds is 2. The Balaban J connectivity index is 1.76. The van der Waals surface area contributed by atoms with Crippen LogP contribution in [0.15, 0.2) is 54.6 Å². The van der Waals surface area contributed by atoms with Crippen molar-refractivity contribution >= 4 is 40.0 Å². The minimum absolute atomic E-state index is 0.245. The maximum absolute atomic E-state index is 6.03. The van der Waals surface area contributed by atoms with Crippen molar-refractivity contribution in [3.8, 4) is 38.4 Å². The SMILES string of the molecule is CCOc1ccc2c(c1)-c1c(c3c(sc1=S)-c1cccc4cccc-3c14)C(C)(C)N2. The van der Waals surface area contributed by atoms with E-state index in [1.54, 1.807) is 11.3 Å². The van der Waals surface area contributed by atoms with Gasteiger partial charge in [0.05, 0.1) is 16.0 Å². The van der Waals surface area contributed by atoms with Gasteiger partial charge in [0, 0.05) is 32.8 Å². The minimum atomic E-state index is -0.245. The second-order valence-electron chi connectivity index (χ2n) is 8.44. The van der Waals surface area contributed by atoms with Gasteiger partial charge in [-0.2, -0.15) is 0 Å². The molecule has 0 saturated carbocycles. The zero-order chi connectivity index (χ0) is 20.6. The lowest BCUT2D eigenvalue weighted by atomic mass is 9.80. The first kappa shape index (κ1) is 18.1. The van der Waals surface area contributed by atoms with Crippen LogP contribution in [-0.4, -0.2) is 6.61 Å². The van der Waals surface area contributed by atoms with Crippen molar-refractivity contribution in [2.75, 3.05) is 11.9 Å². The highest BCUT2D eigenvalue weighted by Crippen LogP contribution is 2.57. The van der Waals surface area contributed by atoms with E-state index in [0.29, 0.717) is 6.61 Å². The quantitative estimate of drug-likeness (QED) is 0.288. The summed E-state index contributed by atoms with van der Waals surface area (Å²) in [6, 6.07) is 19.5. The highest BCUT2D eigenvalue weighted by molar-refractivity contribution is 7.73. The van der Waals surface area contributed by atoms with E-state index < -0.39 is 0 Å². The van der Waals surface area contributed by atoms with E-state index >= 15 is 0 Å². The average Bonchev–Trinajstić information content (AvgIpc) is 3.03. The highest BCUT2D eigenvalue weighted by atomic mass is 32.1. The van der Waals surface area contributed by atoms with Crippen molar-refractivity contribution in [3.05, 3.63) is 64.0 Å². The van der Waals surface area contributed by atoms with Crippen LogP contribution >= 0.6 is 23.6 Å². The molecule has 0 fully saturated rings. The number of fused-ring (bicyclic) bond motifs is 7. The summed E-state index contributed by atoms with van der Waals surface area (Å²) in [5.41, 5.74) is 8.45. The fourth-order valence-electron chi connectivity index (χ4n) is 5.08. The van der Waals surface area contributed by atoms with Gasteiger partial charge < -0.3 is 10.1 Å². The molecule has 6 rings (SSSR count). The normalized spacial score (nSPS) is 14.6. The molecule has 0 bridgehead atoms. The number of nitrogens with one attached hydrogen (secondary N) is 1. The van der Waals surface area contributed by atoms with Crippen molar-refractivity contribution in [1.29, 1.82) is 0 Å². The lowest BCUT2D eigenvalue weighted by Crippen LogP contribution is -2.32. The zero-order valence-electron chi connectivity index (χ0n) is 17.1. The summed E-state index contributed by atoms with van der Waals surface area (Å²) in [6.07, 6.45) is 0. The Bertz CT molecular complexity index is 1430. The first-order valence-electron chi connectivity index (χ1n) is 10.3. The summed E-state index contributed by atoms with van der Waals surface area (Å²) in [6.45, 7) is 7.18. The molecule has 4 heteroatoms. The maximum Gasteiger partial charge on any atom is 0.120 e. The Hall–Kier alpha value is -2.69. The van der Waals surface area contributed by atoms with Gasteiger partial charge in [0.2, 0.25) is 0 Å². The number of anilines is 1. The molecule has 2 nitrogen and oxygen atoms in total. The predicted molar refractivity (Wildman–Crippen MR) is 130 cm³/mol. The van der Waals surface area contributed by atoms with Crippen LogP contribution < -0.4 is 10.1 Å². The predicted octanol–water partition coefficient (Wildman–Crippen LogP) is 8.00. The first-order valence-corrected chi connectivity index (χ1v) is 11.5. The van der Waals surface area contributed by atoms with Crippen molar-refractivity contribution in [2.24, 2.45) is 0 Å². The largest absolute Gasteiger partial charge is 0.494 e. The van der Waals surface area contributed by atoms with Crippen LogP contribution in [0.2, 0.25) is 0 Å². The molecule has 1 N–H and O–H groups in total. The van der Waals surface area contributed by atoms with E-state index in [0.717, 1.165) is 20.8 Å². The second kappa shape index (κ2) is 6.16. The minimum Gasteiger partial charge on any atom is -0.494 e. The summed E-state index contributed by atoms with van der Waals surface area (Å²) in [5.74, 6) is 0.883. The van der Waals surface area contributed by atoms with Crippen LogP contribution in [0.3, 0.4) is 0 Å². The molecule has 4 aromatic rings. The zero-order valence-corrected chi connectivity index (χ0v) is 18.8. The summed E-state index contributed by atoms with van der Waals surface area (Å²) in [7, 11) is 0. The molecule has 0 atom stereocenters. The fraction of sp³-hybridized carbons (Fsp3) is 0.192. The molecular weight excluding hydrogens is 406 g/mol. The molecule has 2 aliphatic rings. The van der Waals surface area contributed by atoms with Gasteiger partial charge in [0.1, 0.15) is 5.75 Å². The van der Waals surface area contributed by atoms with Crippen LogP contribution in [-0.2, 0) is 5.54 Å². The molecule has 0 radical (unpaired) electrons. The third-order valence-electron chi connectivity index (χ3n) is 6.19. The molecule has 0 spiro atoms. The smallest absolute Gasteiger partial charge is 0.120 e. The van der Waals surface area contributed by atoms with Crippen LogP contribution in [0.1, 0.15) is 26.3 Å². The molecule has 0 saturated heterocycles. The Morgan fingerprint density at radius 2 is 1.73 bits per heavy atom. The summed E-state index contributed by atoms with van der Waals surface area (Å²) in [5, 5.41) is 6.41. The average molecular weight is 428 g/mol. The van der Waals surface area contributed by atoms with Gasteiger partial charge >= 0.3 is 0 Å². The van der Waals surface area contributed by atoms with Crippen LogP contribution in [0.25, 0.3) is 43.5 Å². The molecule has 3 aromatic carbocycles. The Kier molecular flexibility index (Phi) is 3.72. The first-order chi connectivity index (χ1) is 14.5. The Labute approximate surface area is 185 Å². The van der Waals surface area contributed by atoms with Gasteiger partial charge in [0.25, 0.3) is 0 Å². The van der Waals surface area contributed by atoms with Crippen molar-refractivity contribution in [3.63, 3.8) is 0 Å². The lowest BCUT2D eigenvalue weighted by molar-refractivity contribution is 0.340. The second-order valence-corrected chi connectivity index (χ2v) is 10.1. The van der Waals surface area contributed by atoms with E-state index in [1.807, 2.05) is 13.0 Å². The summed E-state index contributed by atoms with van der Waals surface area (Å²) in [4.78, 5) is 1.30. The summed E-state index contributed by atoms with van der Waals surface area (Å²) >= 11 is 7.77. The maximum atomic E-state index is 6.03. The van der Waals surface area contributed by atoms with E-state index in [-0.39, 0.29) is 5.54 Å². The Morgan fingerprint density at radius 3 is 2.50 bits per heavy atom. The van der Waals surface area contributed by atoms with E-state index in [1.165, 1.54) is 43.5 Å². The van der Waals surface area contributed by atoms with Gasteiger partial charge in [-0.25, -0.2) is 0 Å². The van der Waals surface area contributed by atoms with Gasteiger partial charge in [-0.05, 0) is 60.9 Å². The lowest BCUT2D eigenvalue weighted by Gasteiger charge is -2.38. The fourth-order valence-corrected chi connectivity index (χ4v) is 6.64. The molecule has 1 aromatic heterocycles. The third-order valence-corrected chi connectivity index (χ3v) is 7.66. The van der Waals surface area contributed by atoms with Crippen LogP contribution in [0, 0.1) is 3.82 Å².